The first kappa shape index (κ1) is 20.5. The number of nitrogens with one attached hydrogen (secondary N) is 2. The summed E-state index contributed by atoms with van der Waals surface area (Å²) in [7, 11) is 0. The maximum absolute atomic E-state index is 12.0. The molecule has 2 aromatic rings. The minimum Gasteiger partial charge on any atom is -0.486 e. The number of benzene rings is 2. The van der Waals surface area contributed by atoms with E-state index in [9.17, 15) is 14.4 Å². The average Bonchev–Trinajstić information content (AvgIpc) is 2.76. The maximum Gasteiger partial charge on any atom is 0.317 e. The van der Waals surface area contributed by atoms with Gasteiger partial charge in [-0.1, -0.05) is 18.2 Å². The molecule has 9 heteroatoms. The van der Waals surface area contributed by atoms with E-state index in [4.69, 9.17) is 14.2 Å². The average molecular weight is 416 g/mol. The summed E-state index contributed by atoms with van der Waals surface area (Å²) in [6.07, 6.45) is -1.06. The van der Waals surface area contributed by atoms with Crippen molar-refractivity contribution in [1.82, 2.24) is 10.9 Å². The number of esters is 1. The summed E-state index contributed by atoms with van der Waals surface area (Å²) in [6, 6.07) is 13.8. The van der Waals surface area contributed by atoms with E-state index in [1.807, 2.05) is 6.07 Å². The monoisotopic (exact) mass is 416 g/mol. The number of carbonyl (C=O) groups excluding carboxylic acids is 3. The molecule has 0 fully saturated rings. The van der Waals surface area contributed by atoms with Crippen molar-refractivity contribution in [2.75, 3.05) is 19.0 Å². The van der Waals surface area contributed by atoms with Crippen LogP contribution in [-0.4, -0.2) is 42.9 Å². The highest BCUT2D eigenvalue weighted by Gasteiger charge is 2.19. The molecule has 152 valence electrons. The van der Waals surface area contributed by atoms with Crippen LogP contribution in [0.25, 0.3) is 0 Å². The summed E-state index contributed by atoms with van der Waals surface area (Å²) in [5.74, 6) is -0.323. The van der Waals surface area contributed by atoms with Crippen LogP contribution in [0.5, 0.6) is 11.5 Å². The van der Waals surface area contributed by atoms with Gasteiger partial charge in [-0.25, -0.2) is 0 Å². The van der Waals surface area contributed by atoms with Crippen molar-refractivity contribution in [3.8, 4) is 11.5 Å². The van der Waals surface area contributed by atoms with E-state index in [0.717, 1.165) is 4.90 Å². The van der Waals surface area contributed by atoms with Gasteiger partial charge >= 0.3 is 5.97 Å². The molecule has 1 atom stereocenters. The Labute approximate surface area is 171 Å². The van der Waals surface area contributed by atoms with Crippen LogP contribution in [-0.2, 0) is 14.3 Å². The van der Waals surface area contributed by atoms with Crippen LogP contribution in [0.3, 0.4) is 0 Å². The van der Waals surface area contributed by atoms with Crippen LogP contribution in [0.15, 0.2) is 53.4 Å². The SMILES string of the molecule is C[C@@H](OC(=O)CSc1ccc2c(c1)OCCO2)C(=O)NNC(=O)c1ccccc1. The van der Waals surface area contributed by atoms with E-state index in [0.29, 0.717) is 30.3 Å². The zero-order valence-electron chi connectivity index (χ0n) is 15.7. The van der Waals surface area contributed by atoms with Crippen molar-refractivity contribution >= 4 is 29.5 Å². The molecule has 0 unspecified atom stereocenters. The largest absolute Gasteiger partial charge is 0.486 e. The summed E-state index contributed by atoms with van der Waals surface area (Å²) in [6.45, 7) is 2.42. The molecule has 0 saturated carbocycles. The standard InChI is InChI=1S/C20H20N2O6S/c1-13(19(24)21-22-20(25)14-5-3-2-4-6-14)28-18(23)12-29-15-7-8-16-17(11-15)27-10-9-26-16/h2-8,11,13H,9-10,12H2,1H3,(H,21,24)(H,22,25)/t13-/m1/s1. The van der Waals surface area contributed by atoms with Gasteiger partial charge in [-0.2, -0.15) is 0 Å². The van der Waals surface area contributed by atoms with Crippen LogP contribution in [0, 0.1) is 0 Å². The Bertz CT molecular complexity index is 890. The molecule has 2 N–H and O–H groups in total. The van der Waals surface area contributed by atoms with Crippen molar-refractivity contribution in [2.45, 2.75) is 17.9 Å². The quantitative estimate of drug-likeness (QED) is 0.421. The first-order valence-electron chi connectivity index (χ1n) is 8.90. The second-order valence-corrected chi connectivity index (χ2v) is 7.08. The first-order valence-corrected chi connectivity index (χ1v) is 9.88. The third kappa shape index (κ3) is 5.89. The Morgan fingerprint density at radius 1 is 1.03 bits per heavy atom. The van der Waals surface area contributed by atoms with Gasteiger partial charge in [0.05, 0.1) is 5.75 Å². The van der Waals surface area contributed by atoms with Crippen LogP contribution in [0.2, 0.25) is 0 Å². The second-order valence-electron chi connectivity index (χ2n) is 6.04. The van der Waals surface area contributed by atoms with Gasteiger partial charge in [0.15, 0.2) is 17.6 Å². The molecule has 3 rings (SSSR count). The summed E-state index contributed by atoms with van der Waals surface area (Å²) in [5, 5.41) is 0. The number of carbonyl (C=O) groups is 3. The molecular weight excluding hydrogens is 396 g/mol. The fraction of sp³-hybridized carbons (Fsp3) is 0.250. The molecule has 8 nitrogen and oxygen atoms in total. The molecule has 1 heterocycles. The van der Waals surface area contributed by atoms with Crippen molar-refractivity contribution < 1.29 is 28.6 Å². The summed E-state index contributed by atoms with van der Waals surface area (Å²) >= 11 is 1.26. The summed E-state index contributed by atoms with van der Waals surface area (Å²) in [4.78, 5) is 36.7. The fourth-order valence-electron chi connectivity index (χ4n) is 2.42. The van der Waals surface area contributed by atoms with Gasteiger partial charge in [-0.3, -0.25) is 25.2 Å². The van der Waals surface area contributed by atoms with Gasteiger partial charge in [0.1, 0.15) is 13.2 Å². The molecule has 2 aromatic carbocycles. The Morgan fingerprint density at radius 3 is 2.52 bits per heavy atom. The minimum absolute atomic E-state index is 0.0215. The van der Waals surface area contributed by atoms with Crippen LogP contribution < -0.4 is 20.3 Å². The number of fused-ring (bicyclic) bond motifs is 1. The molecular formula is C20H20N2O6S. The van der Waals surface area contributed by atoms with Crippen LogP contribution in [0.4, 0.5) is 0 Å². The highest BCUT2D eigenvalue weighted by molar-refractivity contribution is 8.00. The topological polar surface area (TPSA) is 103 Å². The predicted molar refractivity (Wildman–Crippen MR) is 106 cm³/mol. The molecule has 0 bridgehead atoms. The number of rotatable bonds is 6. The van der Waals surface area contributed by atoms with Gasteiger partial charge in [0.2, 0.25) is 0 Å². The summed E-state index contributed by atoms with van der Waals surface area (Å²) in [5.41, 5.74) is 4.92. The smallest absolute Gasteiger partial charge is 0.317 e. The van der Waals surface area contributed by atoms with E-state index in [1.165, 1.54) is 18.7 Å². The maximum atomic E-state index is 12.0. The Hall–Kier alpha value is -3.20. The normalized spacial score (nSPS) is 13.1. The Morgan fingerprint density at radius 2 is 1.76 bits per heavy atom. The molecule has 0 aliphatic carbocycles. The molecule has 29 heavy (non-hydrogen) atoms. The molecule has 0 saturated heterocycles. The lowest BCUT2D eigenvalue weighted by Gasteiger charge is -2.18. The van der Waals surface area contributed by atoms with Crippen molar-refractivity contribution in [1.29, 1.82) is 0 Å². The van der Waals surface area contributed by atoms with E-state index < -0.39 is 23.9 Å². The predicted octanol–water partition coefficient (Wildman–Crippen LogP) is 1.94. The number of hydrogen-bond donors (Lipinski definition) is 2. The van der Waals surface area contributed by atoms with Gasteiger partial charge < -0.3 is 14.2 Å². The number of ether oxygens (including phenoxy) is 3. The van der Waals surface area contributed by atoms with Crippen molar-refractivity contribution in [2.24, 2.45) is 0 Å². The second kappa shape index (κ2) is 9.83. The Kier molecular flexibility index (Phi) is 6.96. The molecule has 1 aliphatic rings. The highest BCUT2D eigenvalue weighted by Crippen LogP contribution is 2.34. The van der Waals surface area contributed by atoms with E-state index in [2.05, 4.69) is 10.9 Å². The third-order valence-corrected chi connectivity index (χ3v) is 4.85. The van der Waals surface area contributed by atoms with Gasteiger partial charge in [0, 0.05) is 10.5 Å². The lowest BCUT2D eigenvalue weighted by Crippen LogP contribution is -2.46. The van der Waals surface area contributed by atoms with Gasteiger partial charge in [0.25, 0.3) is 11.8 Å². The summed E-state index contributed by atoms with van der Waals surface area (Å²) < 4.78 is 16.1. The Balaban J connectivity index is 1.41. The fourth-order valence-corrected chi connectivity index (χ4v) is 3.13. The van der Waals surface area contributed by atoms with E-state index >= 15 is 0 Å². The minimum atomic E-state index is -1.06. The van der Waals surface area contributed by atoms with Crippen molar-refractivity contribution in [3.05, 3.63) is 54.1 Å². The number of amides is 2. The third-order valence-electron chi connectivity index (χ3n) is 3.88. The molecule has 1 aliphatic heterocycles. The van der Waals surface area contributed by atoms with Gasteiger partial charge in [-0.05, 0) is 37.3 Å². The van der Waals surface area contributed by atoms with Gasteiger partial charge in [-0.15, -0.1) is 11.8 Å². The zero-order chi connectivity index (χ0) is 20.6. The lowest BCUT2D eigenvalue weighted by atomic mass is 10.2. The van der Waals surface area contributed by atoms with E-state index in [1.54, 1.807) is 42.5 Å². The zero-order valence-corrected chi connectivity index (χ0v) is 16.5. The number of thioether (sulfide) groups is 1. The highest BCUT2D eigenvalue weighted by atomic mass is 32.2. The molecule has 0 radical (unpaired) electrons. The van der Waals surface area contributed by atoms with E-state index in [-0.39, 0.29) is 5.75 Å². The van der Waals surface area contributed by atoms with Crippen LogP contribution >= 0.6 is 11.8 Å². The molecule has 2 amide bonds. The molecule has 0 aromatic heterocycles. The number of hydrogen-bond acceptors (Lipinski definition) is 7. The first-order chi connectivity index (χ1) is 14.0. The number of hydrazine groups is 1. The lowest BCUT2D eigenvalue weighted by molar-refractivity contribution is -0.152. The van der Waals surface area contributed by atoms with Crippen molar-refractivity contribution in [3.63, 3.8) is 0 Å². The molecule has 0 spiro atoms. The van der Waals surface area contributed by atoms with Crippen LogP contribution in [0.1, 0.15) is 17.3 Å².